The molecule has 0 atom stereocenters. The maximum absolute atomic E-state index is 13.7. The summed E-state index contributed by atoms with van der Waals surface area (Å²) in [6.07, 6.45) is -4.10. The van der Waals surface area contributed by atoms with Crippen LogP contribution >= 0.6 is 23.2 Å². The van der Waals surface area contributed by atoms with Crippen molar-refractivity contribution in [1.29, 1.82) is 0 Å². The highest BCUT2D eigenvalue weighted by atomic mass is 35.5. The first-order valence-corrected chi connectivity index (χ1v) is 11.6. The maximum Gasteiger partial charge on any atom is 0.416 e. The SMILES string of the molecule is CC(C)(C)OC(=O)N1CC2(C1)OCc1cc(CC=C(c3cc(Cl)c(F)c(Cl)c3)C(F)(F)F)ccc12. The first kappa shape index (κ1) is 25.8. The summed E-state index contributed by atoms with van der Waals surface area (Å²) in [7, 11) is 0. The molecule has 4 rings (SSSR count). The van der Waals surface area contributed by atoms with Gasteiger partial charge in [0.25, 0.3) is 0 Å². The number of rotatable bonds is 3. The third kappa shape index (κ3) is 5.29. The quantitative estimate of drug-likeness (QED) is 0.308. The van der Waals surface area contributed by atoms with Gasteiger partial charge in [0.05, 0.1) is 35.3 Å². The molecule has 0 saturated carbocycles. The van der Waals surface area contributed by atoms with Gasteiger partial charge < -0.3 is 14.4 Å². The van der Waals surface area contributed by atoms with Crippen LogP contribution in [-0.2, 0) is 28.1 Å². The number of benzene rings is 2. The minimum absolute atomic E-state index is 0.0221. The summed E-state index contributed by atoms with van der Waals surface area (Å²) in [4.78, 5) is 13.8. The highest BCUT2D eigenvalue weighted by Gasteiger charge is 2.52. The molecule has 2 aliphatic heterocycles. The number of fused-ring (bicyclic) bond motifs is 2. The zero-order valence-corrected chi connectivity index (χ0v) is 20.7. The Morgan fingerprint density at radius 2 is 1.77 bits per heavy atom. The molecule has 0 bridgehead atoms. The molecule has 0 aromatic heterocycles. The molecule has 1 spiro atoms. The van der Waals surface area contributed by atoms with Crippen molar-refractivity contribution in [2.75, 3.05) is 13.1 Å². The lowest BCUT2D eigenvalue weighted by Gasteiger charge is -2.47. The summed E-state index contributed by atoms with van der Waals surface area (Å²) in [6, 6.07) is 7.19. The van der Waals surface area contributed by atoms with Crippen LogP contribution in [0.2, 0.25) is 10.0 Å². The van der Waals surface area contributed by atoms with Gasteiger partial charge in [0.15, 0.2) is 5.82 Å². The van der Waals surface area contributed by atoms with Crippen molar-refractivity contribution in [3.63, 3.8) is 0 Å². The number of carbonyl (C=O) groups excluding carboxylic acids is 1. The van der Waals surface area contributed by atoms with Gasteiger partial charge in [-0.3, -0.25) is 0 Å². The van der Waals surface area contributed by atoms with Crippen molar-refractivity contribution >= 4 is 34.9 Å². The van der Waals surface area contributed by atoms with Gasteiger partial charge in [-0.15, -0.1) is 0 Å². The summed E-state index contributed by atoms with van der Waals surface area (Å²) in [5.74, 6) is -0.965. The van der Waals surface area contributed by atoms with Crippen LogP contribution in [0.4, 0.5) is 22.4 Å². The summed E-state index contributed by atoms with van der Waals surface area (Å²) < 4.78 is 66.3. The number of hydrogen-bond acceptors (Lipinski definition) is 3. The van der Waals surface area contributed by atoms with Crippen LogP contribution in [-0.4, -0.2) is 35.9 Å². The van der Waals surface area contributed by atoms with Crippen molar-refractivity contribution < 1.29 is 31.8 Å². The lowest BCUT2D eigenvalue weighted by molar-refractivity contribution is -0.137. The van der Waals surface area contributed by atoms with Gasteiger partial charge in [0.1, 0.15) is 11.2 Å². The van der Waals surface area contributed by atoms with E-state index in [0.717, 1.165) is 29.3 Å². The van der Waals surface area contributed by atoms with Gasteiger partial charge in [0.2, 0.25) is 0 Å². The Bertz CT molecular complexity index is 1180. The molecule has 35 heavy (non-hydrogen) atoms. The number of nitrogens with zero attached hydrogens (tertiary/aromatic N) is 1. The van der Waals surface area contributed by atoms with Gasteiger partial charge in [0, 0.05) is 0 Å². The molecule has 0 N–H and O–H groups in total. The summed E-state index contributed by atoms with van der Waals surface area (Å²) in [5, 5.41) is -0.966. The van der Waals surface area contributed by atoms with E-state index in [9.17, 15) is 22.4 Å². The minimum atomic E-state index is -4.69. The number of allylic oxidation sites excluding steroid dienone is 2. The van der Waals surface area contributed by atoms with E-state index in [0.29, 0.717) is 25.3 Å². The second kappa shape index (κ2) is 8.98. The van der Waals surface area contributed by atoms with Crippen LogP contribution in [0.15, 0.2) is 36.4 Å². The van der Waals surface area contributed by atoms with Crippen molar-refractivity contribution in [1.82, 2.24) is 4.90 Å². The highest BCUT2D eigenvalue weighted by Crippen LogP contribution is 2.44. The largest absolute Gasteiger partial charge is 0.444 e. The number of ether oxygens (including phenoxy) is 2. The van der Waals surface area contributed by atoms with Crippen LogP contribution in [0.5, 0.6) is 0 Å². The normalized spacial score (nSPS) is 17.4. The molecule has 2 heterocycles. The summed E-state index contributed by atoms with van der Waals surface area (Å²) >= 11 is 11.4. The molecule has 10 heteroatoms. The summed E-state index contributed by atoms with van der Waals surface area (Å²) in [5.41, 5.74) is -0.0701. The summed E-state index contributed by atoms with van der Waals surface area (Å²) in [6.45, 7) is 6.37. The number of hydrogen-bond donors (Lipinski definition) is 0. The Hall–Kier alpha value is -2.29. The average Bonchev–Trinajstić information content (AvgIpc) is 3.07. The Labute approximate surface area is 210 Å². The maximum atomic E-state index is 13.7. The molecule has 2 aromatic carbocycles. The number of amides is 1. The predicted molar refractivity (Wildman–Crippen MR) is 125 cm³/mol. The zero-order chi connectivity index (χ0) is 25.8. The topological polar surface area (TPSA) is 38.8 Å². The Kier molecular flexibility index (Phi) is 6.62. The van der Waals surface area contributed by atoms with E-state index in [1.807, 2.05) is 6.07 Å². The van der Waals surface area contributed by atoms with Gasteiger partial charge in [-0.2, -0.15) is 13.2 Å². The monoisotopic (exact) mass is 531 g/mol. The molecule has 0 aliphatic carbocycles. The van der Waals surface area contributed by atoms with Crippen LogP contribution in [0.3, 0.4) is 0 Å². The van der Waals surface area contributed by atoms with E-state index >= 15 is 0 Å². The van der Waals surface area contributed by atoms with Crippen LogP contribution in [0, 0.1) is 5.82 Å². The van der Waals surface area contributed by atoms with E-state index in [1.165, 1.54) is 0 Å². The molecule has 0 unspecified atom stereocenters. The Balaban J connectivity index is 1.52. The number of alkyl halides is 3. The third-order valence-corrected chi connectivity index (χ3v) is 6.40. The first-order chi connectivity index (χ1) is 16.2. The molecule has 2 aliphatic rings. The van der Waals surface area contributed by atoms with Gasteiger partial charge in [-0.05, 0) is 61.6 Å². The number of halogens is 6. The second-order valence-corrected chi connectivity index (χ2v) is 10.5. The van der Waals surface area contributed by atoms with E-state index in [4.69, 9.17) is 32.7 Å². The van der Waals surface area contributed by atoms with E-state index < -0.39 is 44.9 Å². The average molecular weight is 532 g/mol. The Morgan fingerprint density at radius 1 is 1.14 bits per heavy atom. The van der Waals surface area contributed by atoms with E-state index in [-0.39, 0.29) is 12.0 Å². The molecule has 1 fully saturated rings. The van der Waals surface area contributed by atoms with Crippen LogP contribution in [0.25, 0.3) is 5.57 Å². The smallest absolute Gasteiger partial charge is 0.416 e. The highest BCUT2D eigenvalue weighted by molar-refractivity contribution is 6.35. The number of likely N-dealkylation sites (tertiary alicyclic amines) is 1. The van der Waals surface area contributed by atoms with Crippen molar-refractivity contribution in [2.24, 2.45) is 0 Å². The van der Waals surface area contributed by atoms with Crippen molar-refractivity contribution in [2.45, 2.75) is 51.2 Å². The Morgan fingerprint density at radius 3 is 2.34 bits per heavy atom. The standard InChI is InChI=1S/C25H23Cl2F4NO3/c1-23(2,3)35-22(33)32-12-24(13-32)17-6-4-14(8-16(17)11-34-24)5-7-18(25(29,30)31)15-9-19(26)21(28)20(27)10-15/h4,6-10H,5,11-13H2,1-3H3. The molecular formula is C25H23Cl2F4NO3. The zero-order valence-electron chi connectivity index (χ0n) is 19.2. The van der Waals surface area contributed by atoms with E-state index in [2.05, 4.69) is 0 Å². The third-order valence-electron chi connectivity index (χ3n) is 5.85. The minimum Gasteiger partial charge on any atom is -0.444 e. The fraction of sp³-hybridized carbons (Fsp3) is 0.400. The van der Waals surface area contributed by atoms with Gasteiger partial charge >= 0.3 is 12.3 Å². The van der Waals surface area contributed by atoms with Crippen LogP contribution in [0.1, 0.15) is 43.0 Å². The van der Waals surface area contributed by atoms with Crippen molar-refractivity contribution in [3.05, 3.63) is 74.5 Å². The fourth-order valence-corrected chi connectivity index (χ4v) is 4.73. The lowest BCUT2D eigenvalue weighted by atomic mass is 9.85. The lowest BCUT2D eigenvalue weighted by Crippen LogP contribution is -2.61. The number of carbonyl (C=O) groups is 1. The molecule has 1 amide bonds. The second-order valence-electron chi connectivity index (χ2n) is 9.68. The fourth-order valence-electron chi connectivity index (χ4n) is 4.25. The van der Waals surface area contributed by atoms with Crippen LogP contribution < -0.4 is 0 Å². The molecule has 1 saturated heterocycles. The first-order valence-electron chi connectivity index (χ1n) is 10.8. The van der Waals surface area contributed by atoms with Gasteiger partial charge in [-0.25, -0.2) is 9.18 Å². The van der Waals surface area contributed by atoms with Crippen molar-refractivity contribution in [3.8, 4) is 0 Å². The van der Waals surface area contributed by atoms with Gasteiger partial charge in [-0.1, -0.05) is 47.5 Å². The molecule has 0 radical (unpaired) electrons. The molecule has 188 valence electrons. The predicted octanol–water partition coefficient (Wildman–Crippen LogP) is 7.30. The van der Waals surface area contributed by atoms with E-state index in [1.54, 1.807) is 37.8 Å². The molecule has 4 nitrogen and oxygen atoms in total. The molecular weight excluding hydrogens is 509 g/mol. The molecule has 2 aromatic rings.